The lowest BCUT2D eigenvalue weighted by molar-refractivity contribution is 0.156. The summed E-state index contributed by atoms with van der Waals surface area (Å²) in [6.45, 7) is 74.4. The Morgan fingerprint density at radius 3 is 1.26 bits per heavy atom. The molecule has 0 aromatic carbocycles. The number of aromatic nitrogens is 3. The predicted molar refractivity (Wildman–Crippen MR) is 506 cm³/mol. The molecule has 7 saturated heterocycles. The summed E-state index contributed by atoms with van der Waals surface area (Å²) in [7, 11) is 6.72. The van der Waals surface area contributed by atoms with Gasteiger partial charge in [-0.15, -0.1) is 0 Å². The van der Waals surface area contributed by atoms with Crippen LogP contribution in [0.5, 0.6) is 0 Å². The van der Waals surface area contributed by atoms with Crippen LogP contribution < -0.4 is 0 Å². The van der Waals surface area contributed by atoms with E-state index in [0.717, 1.165) is 114 Å². The van der Waals surface area contributed by atoms with Gasteiger partial charge in [0.25, 0.3) is 0 Å². The summed E-state index contributed by atoms with van der Waals surface area (Å²) in [6, 6.07) is 8.70. The molecule has 10 heteroatoms. The zero-order valence-electron chi connectivity index (χ0n) is 81.6. The summed E-state index contributed by atoms with van der Waals surface area (Å²) >= 11 is 0. The highest BCUT2D eigenvalue weighted by Crippen LogP contribution is 2.30. The second kappa shape index (κ2) is 69.7. The molecule has 1 saturated carbocycles. The normalized spacial score (nSPS) is 22.0. The quantitative estimate of drug-likeness (QED) is 0.0672. The van der Waals surface area contributed by atoms with Crippen LogP contribution in [-0.2, 0) is 13.0 Å². The van der Waals surface area contributed by atoms with Gasteiger partial charge in [0.15, 0.2) is 0 Å². The molecule has 1 aliphatic carbocycles. The first kappa shape index (κ1) is 109. The van der Waals surface area contributed by atoms with E-state index in [4.69, 9.17) is 0 Å². The van der Waals surface area contributed by atoms with E-state index in [-0.39, 0.29) is 0 Å². The van der Waals surface area contributed by atoms with Gasteiger partial charge in [-0.3, -0.25) is 4.98 Å². The van der Waals surface area contributed by atoms with E-state index < -0.39 is 0 Å². The van der Waals surface area contributed by atoms with E-state index in [2.05, 4.69) is 235 Å². The molecule has 2 aromatic rings. The van der Waals surface area contributed by atoms with Gasteiger partial charge >= 0.3 is 0 Å². The molecule has 7 aliphatic heterocycles. The highest BCUT2D eigenvalue weighted by Gasteiger charge is 2.25. The van der Waals surface area contributed by atoms with Crippen LogP contribution in [0.15, 0.2) is 43.1 Å². The Kier molecular flexibility index (Phi) is 67.3. The molecule has 0 amide bonds. The average molecular weight is 1580 g/mol. The molecule has 0 radical (unpaired) electrons. The van der Waals surface area contributed by atoms with Crippen LogP contribution in [0.25, 0.3) is 0 Å². The Bertz CT molecular complexity index is 2230. The van der Waals surface area contributed by atoms with Crippen LogP contribution in [-0.4, -0.2) is 186 Å². The molecule has 0 bridgehead atoms. The second-order valence-corrected chi connectivity index (χ2v) is 41.9. The van der Waals surface area contributed by atoms with Gasteiger partial charge < -0.3 is 38.9 Å². The zero-order valence-corrected chi connectivity index (χ0v) is 81.6. The number of hydrogen-bond donors (Lipinski definition) is 0. The predicted octanol–water partition coefficient (Wildman–Crippen LogP) is 27.4. The fourth-order valence-corrected chi connectivity index (χ4v) is 17.5. The maximum Gasteiger partial charge on any atom is 0.0945 e. The van der Waals surface area contributed by atoms with Gasteiger partial charge in [-0.1, -0.05) is 222 Å². The maximum atomic E-state index is 4.25. The first-order chi connectivity index (χ1) is 53.8. The van der Waals surface area contributed by atoms with E-state index in [1.807, 2.05) is 37.1 Å². The molecule has 8 aliphatic rings. The van der Waals surface area contributed by atoms with Crippen molar-refractivity contribution >= 4 is 0 Å². The lowest BCUT2D eigenvalue weighted by Gasteiger charge is -2.33. The number of piperidine rings is 1. The van der Waals surface area contributed by atoms with Gasteiger partial charge in [0.05, 0.1) is 6.33 Å². The Hall–Kier alpha value is -1.92. The molecule has 2 aromatic heterocycles. The lowest BCUT2D eigenvalue weighted by Crippen LogP contribution is -2.38. The number of aryl methyl sites for hydroxylation is 2. The van der Waals surface area contributed by atoms with E-state index in [9.17, 15) is 0 Å². The smallest absolute Gasteiger partial charge is 0.0945 e. The molecular weight excluding hydrogens is 1380 g/mol. The number of imidazole rings is 1. The van der Waals surface area contributed by atoms with Crippen molar-refractivity contribution in [3.63, 3.8) is 0 Å². The molecule has 6 atom stereocenters. The average Bonchev–Trinajstić information content (AvgIpc) is 1.77. The second-order valence-electron chi connectivity index (χ2n) is 41.9. The standard InChI is InChI=1S/C12H25N.4C11H23N.C10H21N.C10H15N.C10H20.C9H16N2.C8H17N/c1-11(2)7-6-10-13-9-5-4-8-12(13)3;1-10(2)6-4-8-12-9-5-7-11(12)3;1-10(2)6-4-7-11-8-5-9-12(11)3;1-10(2)5-4-7-12-8-6-11(3)9-12;1-10(2)5-4-6-11-7-8-12(3)9-11;1-10(2)6-5-9-11-7-3-4-8-11;1-9(2)6-7-10-5-3-4-8-11-10;1-9(2)7-8-10-5-3-4-6-10;1-9(2)4-3-6-11-7-5-10-8-11;1-7(2)8-4-5-9(3)6-8/h11-12H,4-10H2,1-3H3;4*10-11H,4-9H2,1-3H3;10H,3-9H2,1-2H3;3-5,8-9H,6-7H2,1-2H3;9-10H,3-8H2,1-2H3;5,7-9H,3-4,6H2,1-2H3;7-8H,4-6H2,1-3H3. The lowest BCUT2D eigenvalue weighted by atomic mass is 9.95. The van der Waals surface area contributed by atoms with Crippen molar-refractivity contribution in [2.24, 2.45) is 82.9 Å². The summed E-state index contributed by atoms with van der Waals surface area (Å²) in [4.78, 5) is 26.2. The molecule has 6 unspecified atom stereocenters. The summed E-state index contributed by atoms with van der Waals surface area (Å²) in [5.41, 5.74) is 1.21. The molecule has 0 spiro atoms. The van der Waals surface area contributed by atoms with Crippen LogP contribution >= 0.6 is 0 Å². The van der Waals surface area contributed by atoms with Crippen LogP contribution in [0.3, 0.4) is 0 Å². The number of nitrogens with zero attached hydrogens (tertiary/aromatic N) is 10. The molecule has 8 fully saturated rings. The molecule has 113 heavy (non-hydrogen) atoms. The van der Waals surface area contributed by atoms with Gasteiger partial charge in [0.1, 0.15) is 0 Å². The largest absolute Gasteiger partial charge is 0.337 e. The summed E-state index contributed by atoms with van der Waals surface area (Å²) in [5.74, 6) is 12.7. The molecule has 10 nitrogen and oxygen atoms in total. The van der Waals surface area contributed by atoms with Crippen molar-refractivity contribution < 1.29 is 0 Å². The van der Waals surface area contributed by atoms with E-state index in [0.29, 0.717) is 0 Å². The fourth-order valence-electron chi connectivity index (χ4n) is 17.5. The van der Waals surface area contributed by atoms with Gasteiger partial charge in [-0.25, -0.2) is 4.98 Å². The molecule has 0 N–H and O–H groups in total. The minimum Gasteiger partial charge on any atom is -0.337 e. The fraction of sp³-hybridized carbons (Fsp3) is 0.922. The van der Waals surface area contributed by atoms with Crippen LogP contribution in [0.1, 0.15) is 390 Å². The van der Waals surface area contributed by atoms with Crippen LogP contribution in [0.4, 0.5) is 0 Å². The summed E-state index contributed by atoms with van der Waals surface area (Å²) in [6.07, 6.45) is 58.3. The topological polar surface area (TPSA) is 53.4 Å². The Labute approximate surface area is 710 Å². The Morgan fingerprint density at radius 1 is 0.363 bits per heavy atom. The monoisotopic (exact) mass is 1580 g/mol. The van der Waals surface area contributed by atoms with Crippen molar-refractivity contribution in [3.8, 4) is 0 Å². The van der Waals surface area contributed by atoms with E-state index >= 15 is 0 Å². The molecule has 668 valence electrons. The van der Waals surface area contributed by atoms with Gasteiger partial charge in [-0.2, -0.15) is 0 Å². The van der Waals surface area contributed by atoms with Crippen molar-refractivity contribution in [1.29, 1.82) is 0 Å². The highest BCUT2D eigenvalue weighted by molar-refractivity contribution is 5.03. The SMILES string of the molecule is CC(C)C1CCN(C)C1.CC(C)CCC1CCCC1.CC(C)CCCC1CCCN1C.CC(C)CCCC1CCN(C)C1.CC(C)CCCN1CCC(C)C1.CC(C)CCCN1CCCC1.CC(C)CCCN1CCCC1C.CC(C)CCCN1CCCCC1C.CC(C)CCCn1ccnc1.CC(C)CCc1ccccn1. The molecule has 9 heterocycles. The summed E-state index contributed by atoms with van der Waals surface area (Å²) in [5, 5.41) is 0. The third-order valence-electron chi connectivity index (χ3n) is 25.6. The highest BCUT2D eigenvalue weighted by atomic mass is 15.2. The third-order valence-corrected chi connectivity index (χ3v) is 25.6. The number of rotatable bonds is 35. The minimum absolute atomic E-state index is 0.775. The number of hydrogen-bond acceptors (Lipinski definition) is 9. The van der Waals surface area contributed by atoms with Crippen LogP contribution in [0, 0.1) is 82.9 Å². The molecule has 10 rings (SSSR count). The van der Waals surface area contributed by atoms with Gasteiger partial charge in [0.2, 0.25) is 0 Å². The van der Waals surface area contributed by atoms with Crippen LogP contribution in [0.2, 0.25) is 0 Å². The van der Waals surface area contributed by atoms with E-state index in [1.54, 1.807) is 0 Å². The van der Waals surface area contributed by atoms with Crippen molar-refractivity contribution in [3.05, 3.63) is 48.8 Å². The van der Waals surface area contributed by atoms with Gasteiger partial charge in [0, 0.05) is 68.6 Å². The van der Waals surface area contributed by atoms with Crippen molar-refractivity contribution in [1.82, 2.24) is 48.8 Å². The molecular formula is C103H206N10. The third kappa shape index (κ3) is 64.6. The zero-order chi connectivity index (χ0) is 84.1. The first-order valence-corrected chi connectivity index (χ1v) is 49.7. The number of likely N-dealkylation sites (tertiary alicyclic amines) is 7. The summed E-state index contributed by atoms with van der Waals surface area (Å²) < 4.78 is 2.13. The number of pyridine rings is 1. The maximum absolute atomic E-state index is 4.25. The first-order valence-electron chi connectivity index (χ1n) is 49.7. The minimum atomic E-state index is 0.775. The van der Waals surface area contributed by atoms with E-state index in [1.165, 1.54) is 329 Å². The Balaban J connectivity index is 0.000000629. The van der Waals surface area contributed by atoms with Crippen molar-refractivity contribution in [2.45, 2.75) is 415 Å². The van der Waals surface area contributed by atoms with Gasteiger partial charge in [-0.05, 0) is 369 Å². The van der Waals surface area contributed by atoms with Crippen molar-refractivity contribution in [2.75, 3.05) is 119 Å². The Morgan fingerprint density at radius 2 is 0.832 bits per heavy atom.